The Labute approximate surface area is 256 Å². The lowest BCUT2D eigenvalue weighted by Gasteiger charge is -2.34. The minimum absolute atomic E-state index is 0.0206. The van der Waals surface area contributed by atoms with Crippen molar-refractivity contribution in [2.45, 2.75) is 38.5 Å². The largest absolute Gasteiger partial charge is 0.478 e. The highest BCUT2D eigenvalue weighted by Gasteiger charge is 2.30. The Morgan fingerprint density at radius 1 is 1.00 bits per heavy atom. The van der Waals surface area contributed by atoms with Crippen LogP contribution in [0.2, 0.25) is 0 Å². The fraction of sp³-hybridized carbons (Fsp3) is 0.235. The summed E-state index contributed by atoms with van der Waals surface area (Å²) in [6.45, 7) is 0.367. The van der Waals surface area contributed by atoms with Gasteiger partial charge in [-0.2, -0.15) is 5.26 Å². The van der Waals surface area contributed by atoms with Crippen LogP contribution in [0.15, 0.2) is 66.7 Å². The molecule has 1 aliphatic carbocycles. The monoisotopic (exact) mass is 612 g/mol. The van der Waals surface area contributed by atoms with E-state index in [1.54, 1.807) is 25.3 Å². The van der Waals surface area contributed by atoms with E-state index in [0.717, 1.165) is 31.0 Å². The highest BCUT2D eigenvalue weighted by atomic mass is 19.1. The van der Waals surface area contributed by atoms with Gasteiger partial charge in [-0.15, -0.1) is 0 Å². The van der Waals surface area contributed by atoms with Gasteiger partial charge in [-0.3, -0.25) is 0 Å². The predicted molar refractivity (Wildman–Crippen MR) is 158 cm³/mol. The number of ether oxygens (including phenoxy) is 2. The zero-order valence-electron chi connectivity index (χ0n) is 24.1. The van der Waals surface area contributed by atoms with Crippen molar-refractivity contribution in [1.82, 2.24) is 14.5 Å². The number of benzene rings is 3. The SMILES string of the molecule is COC1CC(Cn2c(Cc3cc(F)c(-c4cccc(OCc5ccc(C#N)cc5F)n4)cc3F)nc3ccc(C(=O)O)cc32)C1. The summed E-state index contributed by atoms with van der Waals surface area (Å²) in [6.07, 6.45) is 1.82. The molecular weight excluding hydrogens is 585 g/mol. The lowest BCUT2D eigenvalue weighted by atomic mass is 9.82. The van der Waals surface area contributed by atoms with Crippen molar-refractivity contribution >= 4 is 17.0 Å². The van der Waals surface area contributed by atoms with Crippen LogP contribution in [-0.4, -0.2) is 38.8 Å². The van der Waals surface area contributed by atoms with Crippen LogP contribution < -0.4 is 4.74 Å². The van der Waals surface area contributed by atoms with Gasteiger partial charge in [-0.05, 0) is 72.9 Å². The molecule has 11 heteroatoms. The topological polar surface area (TPSA) is 110 Å². The van der Waals surface area contributed by atoms with Crippen LogP contribution in [0.3, 0.4) is 0 Å². The van der Waals surface area contributed by atoms with Gasteiger partial charge in [0.05, 0.1) is 40.0 Å². The Balaban J connectivity index is 1.25. The first kappa shape index (κ1) is 29.8. The maximum Gasteiger partial charge on any atom is 0.335 e. The van der Waals surface area contributed by atoms with Crippen LogP contribution in [0.1, 0.15) is 45.7 Å². The number of nitriles is 1. The molecule has 0 atom stereocenters. The van der Waals surface area contributed by atoms with Gasteiger partial charge in [0.1, 0.15) is 29.9 Å². The fourth-order valence-electron chi connectivity index (χ4n) is 5.54. The Bertz CT molecular complexity index is 1960. The van der Waals surface area contributed by atoms with Gasteiger partial charge in [0.15, 0.2) is 0 Å². The predicted octanol–water partition coefficient (Wildman–Crippen LogP) is 6.68. The molecule has 8 nitrogen and oxygen atoms in total. The first-order valence-corrected chi connectivity index (χ1v) is 14.2. The van der Waals surface area contributed by atoms with E-state index in [-0.39, 0.29) is 64.4 Å². The van der Waals surface area contributed by atoms with Gasteiger partial charge in [-0.1, -0.05) is 12.1 Å². The Kier molecular flexibility index (Phi) is 8.24. The van der Waals surface area contributed by atoms with E-state index in [1.165, 1.54) is 30.3 Å². The molecule has 0 radical (unpaired) electrons. The average Bonchev–Trinajstić information content (AvgIpc) is 3.35. The van der Waals surface area contributed by atoms with E-state index in [0.29, 0.717) is 23.4 Å². The molecule has 0 amide bonds. The van der Waals surface area contributed by atoms with Crippen molar-refractivity contribution in [2.75, 3.05) is 7.11 Å². The molecule has 1 N–H and O–H groups in total. The van der Waals surface area contributed by atoms with Gasteiger partial charge in [0.2, 0.25) is 5.88 Å². The van der Waals surface area contributed by atoms with Crippen LogP contribution in [0.4, 0.5) is 13.2 Å². The number of carboxylic acid groups (broad SMARTS) is 1. The number of aromatic carboxylic acids is 1. The number of methoxy groups -OCH3 is 1. The van der Waals surface area contributed by atoms with Crippen molar-refractivity contribution in [3.8, 4) is 23.2 Å². The number of rotatable bonds is 10. The number of nitrogens with zero attached hydrogens (tertiary/aromatic N) is 4. The summed E-state index contributed by atoms with van der Waals surface area (Å²) < 4.78 is 58.2. The third-order valence-corrected chi connectivity index (χ3v) is 8.08. The Hall–Kier alpha value is -5.21. The molecule has 228 valence electrons. The minimum Gasteiger partial charge on any atom is -0.478 e. The molecule has 1 aliphatic rings. The van der Waals surface area contributed by atoms with Crippen molar-refractivity contribution < 1.29 is 32.5 Å². The first-order valence-electron chi connectivity index (χ1n) is 14.2. The fourth-order valence-corrected chi connectivity index (χ4v) is 5.54. The van der Waals surface area contributed by atoms with Crippen LogP contribution in [0, 0.1) is 34.7 Å². The summed E-state index contributed by atoms with van der Waals surface area (Å²) >= 11 is 0. The summed E-state index contributed by atoms with van der Waals surface area (Å²) in [7, 11) is 1.66. The number of hydrogen-bond donors (Lipinski definition) is 1. The number of carboxylic acids is 1. The summed E-state index contributed by atoms with van der Waals surface area (Å²) in [6, 6.07) is 17.3. The number of halogens is 3. The maximum atomic E-state index is 15.6. The van der Waals surface area contributed by atoms with Crippen LogP contribution in [-0.2, 0) is 24.3 Å². The molecule has 1 fully saturated rings. The summed E-state index contributed by atoms with van der Waals surface area (Å²) in [5.74, 6) is -2.18. The maximum absolute atomic E-state index is 15.6. The number of imidazole rings is 1. The van der Waals surface area contributed by atoms with E-state index in [9.17, 15) is 14.3 Å². The Morgan fingerprint density at radius 2 is 1.80 bits per heavy atom. The molecule has 0 bridgehead atoms. The molecule has 1 saturated carbocycles. The van der Waals surface area contributed by atoms with E-state index >= 15 is 8.78 Å². The zero-order chi connectivity index (χ0) is 31.7. The van der Waals surface area contributed by atoms with Gasteiger partial charge in [0.25, 0.3) is 0 Å². The zero-order valence-corrected chi connectivity index (χ0v) is 24.1. The van der Waals surface area contributed by atoms with Gasteiger partial charge in [-0.25, -0.2) is 27.9 Å². The molecule has 2 aromatic heterocycles. The number of aromatic nitrogens is 3. The molecule has 2 heterocycles. The molecule has 0 unspecified atom stereocenters. The van der Waals surface area contributed by atoms with Crippen molar-refractivity contribution in [2.24, 2.45) is 5.92 Å². The first-order chi connectivity index (χ1) is 21.7. The summed E-state index contributed by atoms with van der Waals surface area (Å²) in [5.41, 5.74) is 1.82. The molecule has 0 aliphatic heterocycles. The minimum atomic E-state index is -1.07. The molecule has 45 heavy (non-hydrogen) atoms. The lowest BCUT2D eigenvalue weighted by molar-refractivity contribution is -0.00424. The molecule has 3 aromatic carbocycles. The second-order valence-electron chi connectivity index (χ2n) is 11.0. The number of fused-ring (bicyclic) bond motifs is 1. The van der Waals surface area contributed by atoms with Gasteiger partial charge in [0, 0.05) is 37.3 Å². The average molecular weight is 613 g/mol. The second kappa shape index (κ2) is 12.4. The van der Waals surface area contributed by atoms with Crippen molar-refractivity contribution in [3.63, 3.8) is 0 Å². The van der Waals surface area contributed by atoms with Gasteiger partial charge < -0.3 is 19.1 Å². The normalized spacial score (nSPS) is 15.9. The van der Waals surface area contributed by atoms with Crippen molar-refractivity contribution in [3.05, 3.63) is 112 Å². The summed E-state index contributed by atoms with van der Waals surface area (Å²) in [4.78, 5) is 20.6. The van der Waals surface area contributed by atoms with Crippen LogP contribution >= 0.6 is 0 Å². The number of carbonyl (C=O) groups is 1. The van der Waals surface area contributed by atoms with E-state index in [4.69, 9.17) is 14.7 Å². The summed E-state index contributed by atoms with van der Waals surface area (Å²) in [5, 5.41) is 18.4. The molecule has 6 rings (SSSR count). The van der Waals surface area contributed by atoms with Crippen molar-refractivity contribution in [1.29, 1.82) is 5.26 Å². The molecule has 0 spiro atoms. The van der Waals surface area contributed by atoms with E-state index in [1.807, 2.05) is 10.6 Å². The number of pyridine rings is 1. The number of hydrogen-bond acceptors (Lipinski definition) is 6. The highest BCUT2D eigenvalue weighted by molar-refractivity contribution is 5.92. The van der Waals surface area contributed by atoms with E-state index in [2.05, 4.69) is 9.97 Å². The van der Waals surface area contributed by atoms with E-state index < -0.39 is 23.4 Å². The Morgan fingerprint density at radius 3 is 2.53 bits per heavy atom. The lowest BCUT2D eigenvalue weighted by Crippen LogP contribution is -2.33. The van der Waals surface area contributed by atoms with Gasteiger partial charge >= 0.3 is 5.97 Å². The third-order valence-electron chi connectivity index (χ3n) is 8.08. The quantitative estimate of drug-likeness (QED) is 0.187. The second-order valence-corrected chi connectivity index (χ2v) is 11.0. The molecule has 0 saturated heterocycles. The molecular formula is C34H27F3N4O4. The van der Waals surface area contributed by atoms with Crippen LogP contribution in [0.5, 0.6) is 5.88 Å². The van der Waals surface area contributed by atoms with Crippen LogP contribution in [0.25, 0.3) is 22.3 Å². The molecule has 5 aromatic rings. The third kappa shape index (κ3) is 6.23. The highest BCUT2D eigenvalue weighted by Crippen LogP contribution is 2.34. The smallest absolute Gasteiger partial charge is 0.335 e. The standard InChI is InChI=1S/C34H27F3N4O4/c1-44-24-9-20(10-24)17-41-31-13-21(34(42)43)7-8-30(31)39-32(41)14-23-12-28(37)25(15-27(23)36)29-3-2-4-33(40-29)45-18-22-6-5-19(16-38)11-26(22)35/h2-8,11-13,15,20,24H,9-10,14,17-18H2,1H3,(H,42,43).